The summed E-state index contributed by atoms with van der Waals surface area (Å²) in [5.74, 6) is -1.31. The number of carbonyl (C=O) groups excluding carboxylic acids is 2. The van der Waals surface area contributed by atoms with Gasteiger partial charge in [-0.1, -0.05) is 60.7 Å². The Labute approximate surface area is 194 Å². The van der Waals surface area contributed by atoms with Gasteiger partial charge in [0.25, 0.3) is 5.91 Å². The summed E-state index contributed by atoms with van der Waals surface area (Å²) in [7, 11) is 1.72. The molecule has 0 aliphatic rings. The molecule has 1 atom stereocenters. The van der Waals surface area contributed by atoms with E-state index in [2.05, 4.69) is 0 Å². The molecule has 174 valence electrons. The molecule has 2 amide bonds. The number of hydrogen-bond donors (Lipinski definition) is 1. The maximum absolute atomic E-state index is 13.8. The van der Waals surface area contributed by atoms with Gasteiger partial charge >= 0.3 is 6.18 Å². The third-order valence-corrected chi connectivity index (χ3v) is 5.74. The van der Waals surface area contributed by atoms with Gasteiger partial charge in [-0.15, -0.1) is 0 Å². The lowest BCUT2D eigenvalue weighted by Gasteiger charge is -2.30. The molecule has 0 saturated carbocycles. The molecule has 0 spiro atoms. The highest BCUT2D eigenvalue weighted by molar-refractivity contribution is 6.00. The summed E-state index contributed by atoms with van der Waals surface area (Å²) in [5, 5.41) is 0.822. The number of nitrogens with zero attached hydrogens (tertiary/aromatic N) is 2. The molecule has 0 aliphatic heterocycles. The van der Waals surface area contributed by atoms with E-state index in [1.807, 2.05) is 24.3 Å². The van der Waals surface area contributed by atoms with Crippen LogP contribution in [0.5, 0.6) is 0 Å². The predicted octanol–water partition coefficient (Wildman–Crippen LogP) is 5.07. The molecule has 3 aromatic carbocycles. The van der Waals surface area contributed by atoms with Gasteiger partial charge in [-0.25, -0.2) is 0 Å². The summed E-state index contributed by atoms with van der Waals surface area (Å²) in [6, 6.07) is 21.1. The quantitative estimate of drug-likeness (QED) is 0.432. The Bertz CT molecular complexity index is 1350. The van der Waals surface area contributed by atoms with Crippen molar-refractivity contribution in [3.8, 4) is 0 Å². The van der Waals surface area contributed by atoms with Crippen LogP contribution in [0.15, 0.2) is 84.9 Å². The monoisotopic (exact) mass is 465 g/mol. The number of amides is 2. The number of fused-ring (bicyclic) bond motifs is 1. The number of nitrogens with two attached hydrogens (primary N) is 1. The number of aryl methyl sites for hydroxylation is 1. The van der Waals surface area contributed by atoms with Crippen molar-refractivity contribution in [3.63, 3.8) is 0 Å². The Balaban J connectivity index is 1.83. The molecule has 0 fully saturated rings. The summed E-state index contributed by atoms with van der Waals surface area (Å²) in [4.78, 5) is 27.6. The van der Waals surface area contributed by atoms with Crippen LogP contribution in [0.3, 0.4) is 0 Å². The average molecular weight is 465 g/mol. The van der Waals surface area contributed by atoms with Gasteiger partial charge in [-0.05, 0) is 35.4 Å². The summed E-state index contributed by atoms with van der Waals surface area (Å²) >= 11 is 0. The number of alkyl halides is 3. The number of rotatable bonds is 6. The van der Waals surface area contributed by atoms with Gasteiger partial charge in [-0.2, -0.15) is 13.2 Å². The number of halogens is 3. The smallest absolute Gasteiger partial charge is 0.368 e. The predicted molar refractivity (Wildman–Crippen MR) is 123 cm³/mol. The van der Waals surface area contributed by atoms with Crippen LogP contribution in [0.1, 0.15) is 33.2 Å². The lowest BCUT2D eigenvalue weighted by atomic mass is 10.0. The van der Waals surface area contributed by atoms with Crippen molar-refractivity contribution >= 4 is 22.7 Å². The lowest BCUT2D eigenvalue weighted by molar-refractivity contribution is -0.137. The number of carbonyl (C=O) groups is 2. The Morgan fingerprint density at radius 2 is 1.62 bits per heavy atom. The molecule has 34 heavy (non-hydrogen) atoms. The van der Waals surface area contributed by atoms with Crippen LogP contribution < -0.4 is 5.73 Å². The highest BCUT2D eigenvalue weighted by atomic mass is 19.4. The lowest BCUT2D eigenvalue weighted by Crippen LogP contribution is -2.42. The fourth-order valence-corrected chi connectivity index (χ4v) is 4.10. The second-order valence-corrected chi connectivity index (χ2v) is 7.99. The molecule has 8 heteroatoms. The number of benzene rings is 3. The molecule has 4 aromatic rings. The van der Waals surface area contributed by atoms with E-state index < -0.39 is 29.6 Å². The number of para-hydroxylation sites is 1. The molecule has 5 nitrogen and oxygen atoms in total. The fraction of sp³-hybridized carbons (Fsp3) is 0.154. The highest BCUT2D eigenvalue weighted by Crippen LogP contribution is 2.31. The molecule has 0 radical (unpaired) electrons. The molecular formula is C26H22F3N3O2. The zero-order chi connectivity index (χ0) is 24.5. The van der Waals surface area contributed by atoms with E-state index in [4.69, 9.17) is 5.73 Å². The van der Waals surface area contributed by atoms with E-state index in [9.17, 15) is 22.8 Å². The van der Waals surface area contributed by atoms with Gasteiger partial charge in [0, 0.05) is 24.5 Å². The Morgan fingerprint density at radius 3 is 2.26 bits per heavy atom. The highest BCUT2D eigenvalue weighted by Gasteiger charge is 2.34. The Morgan fingerprint density at radius 1 is 0.941 bits per heavy atom. The zero-order valence-electron chi connectivity index (χ0n) is 18.3. The van der Waals surface area contributed by atoms with Gasteiger partial charge < -0.3 is 15.2 Å². The van der Waals surface area contributed by atoms with Crippen LogP contribution in [0.25, 0.3) is 10.9 Å². The van der Waals surface area contributed by atoms with Crippen LogP contribution in [-0.2, 0) is 24.6 Å². The van der Waals surface area contributed by atoms with E-state index in [1.165, 1.54) is 17.0 Å². The van der Waals surface area contributed by atoms with Crippen LogP contribution in [0, 0.1) is 0 Å². The first kappa shape index (κ1) is 23.1. The summed E-state index contributed by atoms with van der Waals surface area (Å²) < 4.78 is 41.6. The first-order valence-electron chi connectivity index (χ1n) is 10.5. The topological polar surface area (TPSA) is 68.3 Å². The minimum atomic E-state index is -4.54. The van der Waals surface area contributed by atoms with E-state index in [0.29, 0.717) is 5.56 Å². The van der Waals surface area contributed by atoms with Crippen LogP contribution in [-0.4, -0.2) is 21.3 Å². The molecule has 0 saturated heterocycles. The molecule has 0 aliphatic carbocycles. The Hall–Kier alpha value is -4.07. The van der Waals surface area contributed by atoms with Gasteiger partial charge in [0.15, 0.2) is 0 Å². The second-order valence-electron chi connectivity index (χ2n) is 7.99. The van der Waals surface area contributed by atoms with Crippen LogP contribution in [0.4, 0.5) is 13.2 Å². The average Bonchev–Trinajstić information content (AvgIpc) is 3.15. The van der Waals surface area contributed by atoms with Crippen molar-refractivity contribution in [1.82, 2.24) is 9.47 Å². The van der Waals surface area contributed by atoms with Crippen LogP contribution >= 0.6 is 0 Å². The van der Waals surface area contributed by atoms with Crippen molar-refractivity contribution in [2.24, 2.45) is 12.8 Å². The third kappa shape index (κ3) is 4.52. The van der Waals surface area contributed by atoms with Gasteiger partial charge in [0.1, 0.15) is 11.7 Å². The maximum atomic E-state index is 13.8. The maximum Gasteiger partial charge on any atom is 0.416 e. The third-order valence-electron chi connectivity index (χ3n) is 5.74. The fourth-order valence-electron chi connectivity index (χ4n) is 4.10. The van der Waals surface area contributed by atoms with Crippen molar-refractivity contribution in [3.05, 3.63) is 107 Å². The second kappa shape index (κ2) is 9.05. The summed E-state index contributed by atoms with van der Waals surface area (Å²) in [6.45, 7) is -0.243. The van der Waals surface area contributed by atoms with E-state index in [0.717, 1.165) is 23.0 Å². The molecule has 1 heterocycles. The van der Waals surface area contributed by atoms with E-state index in [1.54, 1.807) is 48.0 Å². The molecule has 0 unspecified atom stereocenters. The molecule has 2 N–H and O–H groups in total. The van der Waals surface area contributed by atoms with Crippen LogP contribution in [0.2, 0.25) is 0 Å². The standard InChI is InChI=1S/C26H22F3N3O2/c1-31-21-13-6-5-11-19(21)15-22(31)25(34)32(23(24(30)33)18-9-3-2-4-10-18)16-17-8-7-12-20(14-17)26(27,28)29/h2-15,23H,16H2,1H3,(H2,30,33)/t23-/m1/s1. The van der Waals surface area contributed by atoms with E-state index >= 15 is 0 Å². The molecule has 4 rings (SSSR count). The van der Waals surface area contributed by atoms with Gasteiger partial charge in [0.05, 0.1) is 5.56 Å². The van der Waals surface area contributed by atoms with Crippen molar-refractivity contribution < 1.29 is 22.8 Å². The van der Waals surface area contributed by atoms with Crippen molar-refractivity contribution in [2.75, 3.05) is 0 Å². The largest absolute Gasteiger partial charge is 0.416 e. The number of aromatic nitrogens is 1. The molecular weight excluding hydrogens is 443 g/mol. The zero-order valence-corrected chi connectivity index (χ0v) is 18.3. The van der Waals surface area contributed by atoms with Gasteiger partial charge in [0.2, 0.25) is 5.91 Å². The molecule has 1 aromatic heterocycles. The molecule has 0 bridgehead atoms. The summed E-state index contributed by atoms with van der Waals surface area (Å²) in [6.07, 6.45) is -4.54. The van der Waals surface area contributed by atoms with Gasteiger partial charge in [-0.3, -0.25) is 9.59 Å². The van der Waals surface area contributed by atoms with E-state index in [-0.39, 0.29) is 17.8 Å². The number of primary amides is 1. The normalized spacial score (nSPS) is 12.5. The first-order valence-corrected chi connectivity index (χ1v) is 10.5. The minimum Gasteiger partial charge on any atom is -0.368 e. The van der Waals surface area contributed by atoms with Crippen molar-refractivity contribution in [2.45, 2.75) is 18.8 Å². The first-order chi connectivity index (χ1) is 16.2. The summed E-state index contributed by atoms with van der Waals surface area (Å²) in [5.41, 5.74) is 6.68. The SMILES string of the molecule is Cn1c(C(=O)N(Cc2cccc(C(F)(F)F)c2)[C@@H](C(N)=O)c2ccccc2)cc2ccccc21. The minimum absolute atomic E-state index is 0.226. The van der Waals surface area contributed by atoms with Crippen molar-refractivity contribution in [1.29, 1.82) is 0 Å². The Kier molecular flexibility index (Phi) is 6.15. The number of hydrogen-bond acceptors (Lipinski definition) is 2.